The molecule has 0 heterocycles. The van der Waals surface area contributed by atoms with Crippen LogP contribution in [0.4, 0.5) is 10.5 Å². The summed E-state index contributed by atoms with van der Waals surface area (Å²) in [5.74, 6) is 0. The van der Waals surface area contributed by atoms with E-state index >= 15 is 0 Å². The summed E-state index contributed by atoms with van der Waals surface area (Å²) in [6.07, 6.45) is -0.741. The summed E-state index contributed by atoms with van der Waals surface area (Å²) in [4.78, 5) is 11.6. The number of benzene rings is 1. The zero-order valence-corrected chi connectivity index (χ0v) is 11.1. The molecule has 0 saturated carbocycles. The van der Waals surface area contributed by atoms with E-state index in [1.54, 1.807) is 32.0 Å². The summed E-state index contributed by atoms with van der Waals surface area (Å²) in [5, 5.41) is 2.89. The van der Waals surface area contributed by atoms with Crippen molar-refractivity contribution in [2.45, 2.75) is 20.0 Å². The largest absolute Gasteiger partial charge is 0.447 e. The Bertz CT molecular complexity index is 449. The van der Waals surface area contributed by atoms with E-state index in [0.29, 0.717) is 16.3 Å². The van der Waals surface area contributed by atoms with E-state index in [4.69, 9.17) is 34.3 Å². The maximum Gasteiger partial charge on any atom is 0.411 e. The van der Waals surface area contributed by atoms with Crippen LogP contribution in [-0.2, 0) is 4.74 Å². The Balaban J connectivity index is 2.79. The van der Waals surface area contributed by atoms with Crippen molar-refractivity contribution in [3.05, 3.63) is 28.8 Å². The Labute approximate surface area is 110 Å². The first-order valence-electron chi connectivity index (χ1n) is 4.97. The summed E-state index contributed by atoms with van der Waals surface area (Å²) in [6, 6.07) is 4.90. The number of ether oxygens (including phenoxy) is 1. The smallest absolute Gasteiger partial charge is 0.411 e. The van der Waals surface area contributed by atoms with Crippen LogP contribution in [0.25, 0.3) is 0 Å². The molecular formula is C11H13ClN2O2S. The Morgan fingerprint density at radius 1 is 1.53 bits per heavy atom. The fraction of sp³-hybridized carbons (Fsp3) is 0.273. The molecule has 92 valence electrons. The number of anilines is 1. The molecule has 1 aromatic rings. The Hall–Kier alpha value is -1.33. The molecule has 0 unspecified atom stereocenters. The van der Waals surface area contributed by atoms with Gasteiger partial charge in [-0.15, -0.1) is 0 Å². The third-order valence-corrected chi connectivity index (χ3v) is 2.38. The number of carbonyl (C=O) groups is 1. The molecule has 0 aliphatic carbocycles. The van der Waals surface area contributed by atoms with Crippen LogP contribution in [0.2, 0.25) is 5.02 Å². The summed E-state index contributed by atoms with van der Waals surface area (Å²) in [7, 11) is 0. The number of hydrogen-bond donors (Lipinski definition) is 2. The molecule has 0 aliphatic rings. The van der Waals surface area contributed by atoms with Crippen molar-refractivity contribution < 1.29 is 9.53 Å². The Morgan fingerprint density at radius 3 is 2.65 bits per heavy atom. The molecule has 0 atom stereocenters. The van der Waals surface area contributed by atoms with Crippen molar-refractivity contribution in [1.29, 1.82) is 0 Å². The van der Waals surface area contributed by atoms with Crippen molar-refractivity contribution in [2.24, 2.45) is 5.73 Å². The highest BCUT2D eigenvalue weighted by Crippen LogP contribution is 2.23. The molecule has 0 bridgehead atoms. The number of amides is 1. The Morgan fingerprint density at radius 2 is 2.18 bits per heavy atom. The highest BCUT2D eigenvalue weighted by atomic mass is 35.5. The standard InChI is InChI=1S/C11H13ClN2O2S/c1-6(2)16-11(15)14-9-4-3-7(10(13)17)5-8(9)12/h3-6H,1-2H3,(H2,13,17)(H,14,15). The number of carbonyl (C=O) groups excluding carboxylic acids is 1. The van der Waals surface area contributed by atoms with Crippen LogP contribution >= 0.6 is 23.8 Å². The fourth-order valence-electron chi connectivity index (χ4n) is 1.12. The highest BCUT2D eigenvalue weighted by Gasteiger charge is 2.09. The third kappa shape index (κ3) is 4.20. The van der Waals surface area contributed by atoms with E-state index < -0.39 is 6.09 Å². The van der Waals surface area contributed by atoms with Crippen molar-refractivity contribution >= 4 is 40.6 Å². The topological polar surface area (TPSA) is 64.3 Å². The van der Waals surface area contributed by atoms with E-state index in [1.165, 1.54) is 0 Å². The number of rotatable bonds is 3. The van der Waals surface area contributed by atoms with Gasteiger partial charge in [0, 0.05) is 5.56 Å². The molecule has 0 spiro atoms. The fourth-order valence-corrected chi connectivity index (χ4v) is 1.48. The molecule has 1 aromatic carbocycles. The summed E-state index contributed by atoms with van der Waals surface area (Å²) in [6.45, 7) is 3.52. The molecule has 1 rings (SSSR count). The molecular weight excluding hydrogens is 260 g/mol. The number of nitrogens with one attached hydrogen (secondary N) is 1. The lowest BCUT2D eigenvalue weighted by atomic mass is 10.2. The molecule has 0 radical (unpaired) electrons. The van der Waals surface area contributed by atoms with E-state index in [1.807, 2.05) is 0 Å². The second kappa shape index (κ2) is 5.84. The van der Waals surface area contributed by atoms with E-state index in [9.17, 15) is 4.79 Å². The van der Waals surface area contributed by atoms with Gasteiger partial charge in [0.05, 0.1) is 16.8 Å². The molecule has 0 saturated heterocycles. The van der Waals surface area contributed by atoms with Gasteiger partial charge in [-0.2, -0.15) is 0 Å². The van der Waals surface area contributed by atoms with Crippen LogP contribution in [0.5, 0.6) is 0 Å². The monoisotopic (exact) mass is 272 g/mol. The molecule has 0 aromatic heterocycles. The van der Waals surface area contributed by atoms with E-state index in [2.05, 4.69) is 5.32 Å². The van der Waals surface area contributed by atoms with Crippen LogP contribution in [0.15, 0.2) is 18.2 Å². The molecule has 1 amide bonds. The van der Waals surface area contributed by atoms with Crippen molar-refractivity contribution in [3.63, 3.8) is 0 Å². The van der Waals surface area contributed by atoms with Gasteiger partial charge < -0.3 is 10.5 Å². The predicted octanol–water partition coefficient (Wildman–Crippen LogP) is 2.93. The van der Waals surface area contributed by atoms with Gasteiger partial charge in [-0.1, -0.05) is 23.8 Å². The van der Waals surface area contributed by atoms with Crippen LogP contribution < -0.4 is 11.1 Å². The normalized spacial score (nSPS) is 10.1. The summed E-state index contributed by atoms with van der Waals surface area (Å²) < 4.78 is 4.93. The number of nitrogens with two attached hydrogens (primary N) is 1. The summed E-state index contributed by atoms with van der Waals surface area (Å²) in [5.41, 5.74) is 6.56. The van der Waals surface area contributed by atoms with Gasteiger partial charge >= 0.3 is 6.09 Å². The minimum absolute atomic E-state index is 0.190. The lowest BCUT2D eigenvalue weighted by Crippen LogP contribution is -2.18. The van der Waals surface area contributed by atoms with Crippen molar-refractivity contribution in [2.75, 3.05) is 5.32 Å². The third-order valence-electron chi connectivity index (χ3n) is 1.83. The molecule has 3 N–H and O–H groups in total. The van der Waals surface area contributed by atoms with Gasteiger partial charge in [0.1, 0.15) is 4.99 Å². The second-order valence-electron chi connectivity index (χ2n) is 3.64. The van der Waals surface area contributed by atoms with Crippen LogP contribution in [0, 0.1) is 0 Å². The van der Waals surface area contributed by atoms with Crippen LogP contribution in [-0.4, -0.2) is 17.2 Å². The van der Waals surface area contributed by atoms with Gasteiger partial charge in [-0.3, -0.25) is 5.32 Å². The number of thiocarbonyl (C=S) groups is 1. The van der Waals surface area contributed by atoms with Crippen molar-refractivity contribution in [1.82, 2.24) is 0 Å². The molecule has 6 heteroatoms. The first-order valence-corrected chi connectivity index (χ1v) is 5.75. The lowest BCUT2D eigenvalue weighted by Gasteiger charge is -2.11. The first kappa shape index (κ1) is 13.7. The Kier molecular flexibility index (Phi) is 4.72. The molecule has 4 nitrogen and oxygen atoms in total. The van der Waals surface area contributed by atoms with Crippen LogP contribution in [0.3, 0.4) is 0 Å². The lowest BCUT2D eigenvalue weighted by molar-refractivity contribution is 0.130. The number of hydrogen-bond acceptors (Lipinski definition) is 3. The van der Waals surface area contributed by atoms with Gasteiger partial charge in [0.15, 0.2) is 0 Å². The number of halogens is 1. The van der Waals surface area contributed by atoms with Gasteiger partial charge in [-0.25, -0.2) is 4.79 Å². The summed E-state index contributed by atoms with van der Waals surface area (Å²) >= 11 is 10.8. The molecule has 0 aliphatic heterocycles. The molecule has 0 fully saturated rings. The van der Waals surface area contributed by atoms with Gasteiger partial charge in [-0.05, 0) is 32.0 Å². The average Bonchev–Trinajstić information content (AvgIpc) is 2.19. The second-order valence-corrected chi connectivity index (χ2v) is 4.48. The van der Waals surface area contributed by atoms with Crippen molar-refractivity contribution in [3.8, 4) is 0 Å². The van der Waals surface area contributed by atoms with E-state index in [0.717, 1.165) is 0 Å². The van der Waals surface area contributed by atoms with Gasteiger partial charge in [0.25, 0.3) is 0 Å². The maximum absolute atomic E-state index is 11.4. The minimum Gasteiger partial charge on any atom is -0.447 e. The zero-order valence-electron chi connectivity index (χ0n) is 9.49. The first-order chi connectivity index (χ1) is 7.90. The quantitative estimate of drug-likeness (QED) is 0.831. The van der Waals surface area contributed by atoms with Crippen LogP contribution in [0.1, 0.15) is 19.4 Å². The van der Waals surface area contributed by atoms with Gasteiger partial charge in [0.2, 0.25) is 0 Å². The SMILES string of the molecule is CC(C)OC(=O)Nc1ccc(C(N)=S)cc1Cl. The minimum atomic E-state index is -0.551. The zero-order chi connectivity index (χ0) is 13.0. The average molecular weight is 273 g/mol. The highest BCUT2D eigenvalue weighted by molar-refractivity contribution is 7.80. The molecule has 17 heavy (non-hydrogen) atoms. The predicted molar refractivity (Wildman–Crippen MR) is 72.6 cm³/mol. The van der Waals surface area contributed by atoms with E-state index in [-0.39, 0.29) is 11.1 Å². The maximum atomic E-state index is 11.4.